The molecule has 0 radical (unpaired) electrons. The number of likely N-dealkylation sites (N-methyl/N-ethyl adjacent to an activating group) is 1. The van der Waals surface area contributed by atoms with Crippen molar-refractivity contribution in [3.63, 3.8) is 0 Å². The minimum absolute atomic E-state index is 0.129. The van der Waals surface area contributed by atoms with Crippen LogP contribution in [0.3, 0.4) is 0 Å². The molecule has 1 unspecified atom stereocenters. The van der Waals surface area contributed by atoms with Gasteiger partial charge in [-0.05, 0) is 101 Å². The second-order valence-corrected chi connectivity index (χ2v) is 11.2. The second-order valence-electron chi connectivity index (χ2n) is 9.51. The topological polar surface area (TPSA) is 53.1 Å². The number of halogens is 3. The maximum absolute atomic E-state index is 13.8. The molecule has 1 atom stereocenters. The van der Waals surface area contributed by atoms with E-state index in [1.54, 1.807) is 22.9 Å². The van der Waals surface area contributed by atoms with Crippen molar-refractivity contribution < 1.29 is 18.7 Å². The molecule has 34 heavy (non-hydrogen) atoms. The normalized spacial score (nSPS) is 16.4. The van der Waals surface area contributed by atoms with Crippen LogP contribution in [0.1, 0.15) is 31.9 Å². The summed E-state index contributed by atoms with van der Waals surface area (Å²) in [5, 5.41) is 0. The number of aryl methyl sites for hydroxylation is 1. The van der Waals surface area contributed by atoms with Crippen molar-refractivity contribution in [3.8, 4) is 0 Å². The van der Waals surface area contributed by atoms with Gasteiger partial charge in [0.25, 0.3) is 0 Å². The van der Waals surface area contributed by atoms with E-state index in [9.17, 15) is 14.0 Å². The predicted molar refractivity (Wildman–Crippen MR) is 138 cm³/mol. The lowest BCUT2D eigenvalue weighted by atomic mass is 10.1. The Morgan fingerprint density at radius 3 is 2.44 bits per heavy atom. The monoisotopic (exact) mass is 597 g/mol. The predicted octanol–water partition coefficient (Wildman–Crippen LogP) is 5.74. The van der Waals surface area contributed by atoms with Gasteiger partial charge in [-0.1, -0.05) is 6.07 Å². The van der Waals surface area contributed by atoms with E-state index in [1.807, 2.05) is 50.8 Å². The van der Waals surface area contributed by atoms with Crippen LogP contribution in [0.5, 0.6) is 0 Å². The summed E-state index contributed by atoms with van der Waals surface area (Å²) in [7, 11) is 1.75. The first-order chi connectivity index (χ1) is 15.9. The Morgan fingerprint density at radius 1 is 1.12 bits per heavy atom. The maximum atomic E-state index is 13.8. The molecule has 2 aromatic rings. The average molecular weight is 599 g/mol. The van der Waals surface area contributed by atoms with Crippen LogP contribution < -0.4 is 4.90 Å². The van der Waals surface area contributed by atoms with Gasteiger partial charge in [0.05, 0.1) is 6.54 Å². The SMILES string of the molecule is Cc1cc(F)ccc1N1CCN(C(=O)OC(C)(C)C)CC1C(=O)N(C)Cc1ccc(Br)c(Br)c1. The number of anilines is 1. The maximum Gasteiger partial charge on any atom is 0.410 e. The molecule has 6 nitrogen and oxygen atoms in total. The number of nitrogens with zero attached hydrogens (tertiary/aromatic N) is 3. The van der Waals surface area contributed by atoms with E-state index in [1.165, 1.54) is 12.1 Å². The molecule has 1 fully saturated rings. The van der Waals surface area contributed by atoms with Gasteiger partial charge in [0.2, 0.25) is 5.91 Å². The third-order valence-corrected chi connectivity index (χ3v) is 7.45. The Hall–Kier alpha value is -2.13. The molecule has 0 aromatic heterocycles. The van der Waals surface area contributed by atoms with Gasteiger partial charge in [0.15, 0.2) is 0 Å². The van der Waals surface area contributed by atoms with Gasteiger partial charge in [-0.3, -0.25) is 4.79 Å². The van der Waals surface area contributed by atoms with Crippen molar-refractivity contribution in [3.05, 3.63) is 62.3 Å². The van der Waals surface area contributed by atoms with E-state index >= 15 is 0 Å². The van der Waals surface area contributed by atoms with Crippen molar-refractivity contribution in [1.29, 1.82) is 0 Å². The molecule has 0 aliphatic carbocycles. The van der Waals surface area contributed by atoms with Crippen LogP contribution in [0.15, 0.2) is 45.3 Å². The molecule has 2 amide bonds. The third-order valence-electron chi connectivity index (χ3n) is 5.57. The number of hydrogen-bond donors (Lipinski definition) is 0. The molecule has 1 heterocycles. The number of carbonyl (C=O) groups excluding carboxylic acids is 2. The van der Waals surface area contributed by atoms with Crippen LogP contribution in [0.2, 0.25) is 0 Å². The van der Waals surface area contributed by atoms with E-state index in [4.69, 9.17) is 4.74 Å². The zero-order valence-electron chi connectivity index (χ0n) is 20.1. The molecular weight excluding hydrogens is 569 g/mol. The van der Waals surface area contributed by atoms with Gasteiger partial charge in [-0.15, -0.1) is 0 Å². The minimum Gasteiger partial charge on any atom is -0.444 e. The third kappa shape index (κ3) is 6.50. The quantitative estimate of drug-likeness (QED) is 0.450. The molecule has 0 N–H and O–H groups in total. The number of hydrogen-bond acceptors (Lipinski definition) is 4. The van der Waals surface area contributed by atoms with Gasteiger partial charge < -0.3 is 19.4 Å². The highest BCUT2D eigenvalue weighted by atomic mass is 79.9. The van der Waals surface area contributed by atoms with Gasteiger partial charge in [0, 0.05) is 41.3 Å². The molecule has 2 aromatic carbocycles. The summed E-state index contributed by atoms with van der Waals surface area (Å²) < 4.78 is 21.1. The van der Waals surface area contributed by atoms with E-state index in [2.05, 4.69) is 31.9 Å². The van der Waals surface area contributed by atoms with Crippen molar-refractivity contribution in [2.24, 2.45) is 0 Å². The van der Waals surface area contributed by atoms with Gasteiger partial charge >= 0.3 is 6.09 Å². The number of piperazine rings is 1. The van der Waals surface area contributed by atoms with Gasteiger partial charge in [0.1, 0.15) is 17.5 Å². The summed E-state index contributed by atoms with van der Waals surface area (Å²) in [6, 6.07) is 9.76. The van der Waals surface area contributed by atoms with Crippen LogP contribution in [-0.2, 0) is 16.1 Å². The van der Waals surface area contributed by atoms with Crippen LogP contribution in [0.4, 0.5) is 14.9 Å². The van der Waals surface area contributed by atoms with E-state index in [0.717, 1.165) is 25.8 Å². The Labute approximate surface area is 217 Å². The minimum atomic E-state index is -0.632. The summed E-state index contributed by atoms with van der Waals surface area (Å²) in [5.74, 6) is -0.453. The summed E-state index contributed by atoms with van der Waals surface area (Å²) in [6.45, 7) is 8.69. The first kappa shape index (κ1) is 26.5. The van der Waals surface area contributed by atoms with Gasteiger partial charge in [-0.2, -0.15) is 0 Å². The fourth-order valence-corrected chi connectivity index (χ4v) is 4.63. The zero-order chi connectivity index (χ0) is 25.2. The molecular formula is C25H30Br2FN3O3. The molecule has 0 spiro atoms. The van der Waals surface area contributed by atoms with Crippen molar-refractivity contribution >= 4 is 49.5 Å². The summed E-state index contributed by atoms with van der Waals surface area (Å²) in [6.07, 6.45) is -0.444. The molecule has 0 saturated carbocycles. The molecule has 9 heteroatoms. The number of rotatable bonds is 4. The standard InChI is InChI=1S/C25H30Br2FN3O3/c1-16-12-18(28)7-9-21(16)31-11-10-30(24(33)34-25(2,3)4)15-22(31)23(32)29(5)14-17-6-8-19(26)20(27)13-17/h6-9,12-13,22H,10-11,14-15H2,1-5H3. The smallest absolute Gasteiger partial charge is 0.410 e. The number of ether oxygens (including phenoxy) is 1. The summed E-state index contributed by atoms with van der Waals surface area (Å²) in [4.78, 5) is 31.6. The molecule has 1 saturated heterocycles. The molecule has 1 aliphatic heterocycles. The van der Waals surface area contributed by atoms with Gasteiger partial charge in [-0.25, -0.2) is 9.18 Å². The molecule has 0 bridgehead atoms. The van der Waals surface area contributed by atoms with Crippen LogP contribution in [0.25, 0.3) is 0 Å². The van der Waals surface area contributed by atoms with Crippen molar-refractivity contribution in [2.75, 3.05) is 31.6 Å². The first-order valence-electron chi connectivity index (χ1n) is 11.1. The van der Waals surface area contributed by atoms with E-state index in [0.29, 0.717) is 19.6 Å². The van der Waals surface area contributed by atoms with E-state index in [-0.39, 0.29) is 18.3 Å². The van der Waals surface area contributed by atoms with Crippen molar-refractivity contribution in [1.82, 2.24) is 9.80 Å². The zero-order valence-corrected chi connectivity index (χ0v) is 23.2. The fraction of sp³-hybridized carbons (Fsp3) is 0.440. The molecule has 184 valence electrons. The highest BCUT2D eigenvalue weighted by Gasteiger charge is 2.38. The Morgan fingerprint density at radius 2 is 1.82 bits per heavy atom. The lowest BCUT2D eigenvalue weighted by Gasteiger charge is -2.43. The molecule has 3 rings (SSSR count). The lowest BCUT2D eigenvalue weighted by molar-refractivity contribution is -0.132. The number of carbonyl (C=O) groups is 2. The molecule has 1 aliphatic rings. The average Bonchev–Trinajstić information content (AvgIpc) is 2.74. The highest BCUT2D eigenvalue weighted by Crippen LogP contribution is 2.28. The van der Waals surface area contributed by atoms with Crippen molar-refractivity contribution in [2.45, 2.75) is 45.9 Å². The Balaban J connectivity index is 1.87. The Bertz CT molecular complexity index is 1070. The van der Waals surface area contributed by atoms with Crippen LogP contribution in [0, 0.1) is 12.7 Å². The first-order valence-corrected chi connectivity index (χ1v) is 12.6. The lowest BCUT2D eigenvalue weighted by Crippen LogP contribution is -2.61. The number of amides is 2. The Kier molecular flexibility index (Phi) is 8.29. The van der Waals surface area contributed by atoms with E-state index < -0.39 is 17.7 Å². The van der Waals surface area contributed by atoms with Crippen LogP contribution >= 0.6 is 31.9 Å². The fourth-order valence-electron chi connectivity index (χ4n) is 3.96. The van der Waals surface area contributed by atoms with Crippen LogP contribution in [-0.4, -0.2) is 60.1 Å². The number of benzene rings is 2. The summed E-state index contributed by atoms with van der Waals surface area (Å²) in [5.41, 5.74) is 1.86. The highest BCUT2D eigenvalue weighted by molar-refractivity contribution is 9.13. The largest absolute Gasteiger partial charge is 0.444 e. The second kappa shape index (κ2) is 10.6. The summed E-state index contributed by atoms with van der Waals surface area (Å²) >= 11 is 6.97.